The van der Waals surface area contributed by atoms with Crippen molar-refractivity contribution in [3.8, 4) is 0 Å². The molecule has 0 aromatic carbocycles. The molecule has 96 valence electrons. The summed E-state index contributed by atoms with van der Waals surface area (Å²) in [4.78, 5) is 34.9. The summed E-state index contributed by atoms with van der Waals surface area (Å²) >= 11 is 0. The second-order valence-electron chi connectivity index (χ2n) is 4.12. The van der Waals surface area contributed by atoms with Gasteiger partial charge in [-0.2, -0.15) is 0 Å². The van der Waals surface area contributed by atoms with Crippen LogP contribution < -0.4 is 5.32 Å². The molecule has 0 aliphatic carbocycles. The fourth-order valence-electron chi connectivity index (χ4n) is 1.67. The number of hydrogen-bond donors (Lipinski definition) is 1. The molecule has 18 heavy (non-hydrogen) atoms. The molecule has 0 radical (unpaired) electrons. The Morgan fingerprint density at radius 3 is 2.39 bits per heavy atom. The summed E-state index contributed by atoms with van der Waals surface area (Å²) in [5, 5.41) is 2.38. The monoisotopic (exact) mass is 249 g/mol. The van der Waals surface area contributed by atoms with E-state index < -0.39 is 11.8 Å². The minimum Gasteiger partial charge on any atom is -0.332 e. The van der Waals surface area contributed by atoms with E-state index in [2.05, 4.69) is 20.2 Å². The van der Waals surface area contributed by atoms with Gasteiger partial charge in [0.1, 0.15) is 0 Å². The highest BCUT2D eigenvalue weighted by molar-refractivity contribution is 6.39. The zero-order chi connectivity index (χ0) is 13.0. The lowest BCUT2D eigenvalue weighted by molar-refractivity contribution is -0.144. The molecule has 1 aromatic heterocycles. The van der Waals surface area contributed by atoms with Gasteiger partial charge >= 0.3 is 11.8 Å². The molecule has 0 spiro atoms. The third-order valence-electron chi connectivity index (χ3n) is 2.78. The van der Waals surface area contributed by atoms with E-state index in [4.69, 9.17) is 0 Å². The van der Waals surface area contributed by atoms with Gasteiger partial charge in [-0.05, 0) is 13.1 Å². The van der Waals surface area contributed by atoms with Gasteiger partial charge in [-0.3, -0.25) is 14.9 Å². The number of carbonyl (C=O) groups is 2. The Hall–Kier alpha value is -2.02. The number of anilines is 1. The van der Waals surface area contributed by atoms with Crippen LogP contribution in [-0.4, -0.2) is 64.8 Å². The molecule has 2 heterocycles. The van der Waals surface area contributed by atoms with Gasteiger partial charge in [0.05, 0.1) is 0 Å². The van der Waals surface area contributed by atoms with E-state index >= 15 is 0 Å². The summed E-state index contributed by atoms with van der Waals surface area (Å²) in [5.74, 6) is -1.08. The molecule has 1 N–H and O–H groups in total. The highest BCUT2D eigenvalue weighted by atomic mass is 16.2. The van der Waals surface area contributed by atoms with Crippen molar-refractivity contribution in [1.29, 1.82) is 0 Å². The highest BCUT2D eigenvalue weighted by Crippen LogP contribution is 2.01. The van der Waals surface area contributed by atoms with Gasteiger partial charge in [0.25, 0.3) is 0 Å². The van der Waals surface area contributed by atoms with E-state index in [0.29, 0.717) is 13.1 Å². The molecule has 0 unspecified atom stereocenters. The molecular weight excluding hydrogens is 234 g/mol. The van der Waals surface area contributed by atoms with E-state index in [9.17, 15) is 9.59 Å². The Morgan fingerprint density at radius 2 is 1.78 bits per heavy atom. The molecule has 1 aliphatic rings. The average Bonchev–Trinajstić information content (AvgIpc) is 2.40. The minimum atomic E-state index is -0.689. The predicted octanol–water partition coefficient (Wildman–Crippen LogP) is -0.811. The SMILES string of the molecule is CN1CCN(C(=O)C(=O)Nc2ncccn2)CC1. The van der Waals surface area contributed by atoms with Crippen molar-refractivity contribution < 1.29 is 9.59 Å². The maximum absolute atomic E-state index is 11.8. The number of hydrogen-bond acceptors (Lipinski definition) is 5. The van der Waals surface area contributed by atoms with Gasteiger partial charge < -0.3 is 9.80 Å². The van der Waals surface area contributed by atoms with Gasteiger partial charge in [0.2, 0.25) is 5.95 Å². The number of nitrogens with one attached hydrogen (secondary N) is 1. The lowest BCUT2D eigenvalue weighted by Crippen LogP contribution is -2.50. The summed E-state index contributed by atoms with van der Waals surface area (Å²) in [6.45, 7) is 2.69. The average molecular weight is 249 g/mol. The first-order valence-corrected chi connectivity index (χ1v) is 5.72. The Balaban J connectivity index is 1.91. The van der Waals surface area contributed by atoms with Gasteiger partial charge in [0.15, 0.2) is 0 Å². The standard InChI is InChI=1S/C11H15N5O2/c1-15-5-7-16(8-6-15)10(18)9(17)14-11-12-3-2-4-13-11/h2-4H,5-8H2,1H3,(H,12,13,14,17). The molecule has 7 heteroatoms. The first-order valence-electron chi connectivity index (χ1n) is 5.72. The quantitative estimate of drug-likeness (QED) is 0.658. The summed E-state index contributed by atoms with van der Waals surface area (Å²) in [7, 11) is 1.99. The molecule has 2 amide bonds. The zero-order valence-corrected chi connectivity index (χ0v) is 10.2. The molecular formula is C11H15N5O2. The van der Waals surface area contributed by atoms with Crippen LogP contribution >= 0.6 is 0 Å². The van der Waals surface area contributed by atoms with Crippen LogP contribution in [0.4, 0.5) is 5.95 Å². The maximum Gasteiger partial charge on any atom is 0.316 e. The molecule has 7 nitrogen and oxygen atoms in total. The van der Waals surface area contributed by atoms with Crippen LogP contribution in [0.3, 0.4) is 0 Å². The van der Waals surface area contributed by atoms with Gasteiger partial charge in [-0.15, -0.1) is 0 Å². The lowest BCUT2D eigenvalue weighted by Gasteiger charge is -2.31. The van der Waals surface area contributed by atoms with E-state index in [1.165, 1.54) is 17.3 Å². The first-order chi connectivity index (χ1) is 8.66. The van der Waals surface area contributed by atoms with Crippen LogP contribution in [0.25, 0.3) is 0 Å². The van der Waals surface area contributed by atoms with Crippen molar-refractivity contribution >= 4 is 17.8 Å². The number of carbonyl (C=O) groups excluding carboxylic acids is 2. The maximum atomic E-state index is 11.8. The zero-order valence-electron chi connectivity index (χ0n) is 10.2. The van der Waals surface area contributed by atoms with Crippen molar-refractivity contribution in [1.82, 2.24) is 19.8 Å². The lowest BCUT2D eigenvalue weighted by atomic mass is 10.3. The normalized spacial score (nSPS) is 16.4. The van der Waals surface area contributed by atoms with Crippen molar-refractivity contribution in [3.05, 3.63) is 18.5 Å². The van der Waals surface area contributed by atoms with Gasteiger partial charge in [-0.1, -0.05) is 0 Å². The van der Waals surface area contributed by atoms with Gasteiger partial charge in [0, 0.05) is 38.6 Å². The molecule has 0 atom stereocenters. The Bertz CT molecular complexity index is 428. The van der Waals surface area contributed by atoms with Crippen molar-refractivity contribution in [2.75, 3.05) is 38.5 Å². The van der Waals surface area contributed by atoms with Gasteiger partial charge in [-0.25, -0.2) is 9.97 Å². The van der Waals surface area contributed by atoms with E-state index in [-0.39, 0.29) is 5.95 Å². The van der Waals surface area contributed by atoms with Crippen molar-refractivity contribution in [3.63, 3.8) is 0 Å². The predicted molar refractivity (Wildman–Crippen MR) is 64.7 cm³/mol. The number of aromatic nitrogens is 2. The topological polar surface area (TPSA) is 78.4 Å². The third-order valence-corrected chi connectivity index (χ3v) is 2.78. The fraction of sp³-hybridized carbons (Fsp3) is 0.455. The van der Waals surface area contributed by atoms with Crippen LogP contribution in [0, 0.1) is 0 Å². The van der Waals surface area contributed by atoms with E-state index in [0.717, 1.165) is 13.1 Å². The van der Waals surface area contributed by atoms with Crippen LogP contribution in [-0.2, 0) is 9.59 Å². The van der Waals surface area contributed by atoms with Crippen molar-refractivity contribution in [2.24, 2.45) is 0 Å². The summed E-state index contributed by atoms with van der Waals surface area (Å²) in [5.41, 5.74) is 0. The second kappa shape index (κ2) is 5.54. The summed E-state index contributed by atoms with van der Waals surface area (Å²) in [6, 6.07) is 1.64. The molecule has 2 rings (SSSR count). The Labute approximate surface area is 105 Å². The van der Waals surface area contributed by atoms with Crippen LogP contribution in [0.2, 0.25) is 0 Å². The molecule has 1 saturated heterocycles. The summed E-state index contributed by atoms with van der Waals surface area (Å²) in [6.07, 6.45) is 3.01. The largest absolute Gasteiger partial charge is 0.332 e. The van der Waals surface area contributed by atoms with Crippen LogP contribution in [0.1, 0.15) is 0 Å². The highest BCUT2D eigenvalue weighted by Gasteiger charge is 2.25. The summed E-state index contributed by atoms with van der Waals surface area (Å²) < 4.78 is 0. The minimum absolute atomic E-state index is 0.143. The van der Waals surface area contributed by atoms with Crippen LogP contribution in [0.15, 0.2) is 18.5 Å². The second-order valence-corrected chi connectivity index (χ2v) is 4.12. The molecule has 0 bridgehead atoms. The Kier molecular flexibility index (Phi) is 3.83. The number of likely N-dealkylation sites (N-methyl/N-ethyl adjacent to an activating group) is 1. The number of piperazine rings is 1. The smallest absolute Gasteiger partial charge is 0.316 e. The Morgan fingerprint density at radius 1 is 1.17 bits per heavy atom. The van der Waals surface area contributed by atoms with Crippen molar-refractivity contribution in [2.45, 2.75) is 0 Å². The number of rotatable bonds is 1. The number of amides is 2. The van der Waals surface area contributed by atoms with Crippen LogP contribution in [0.5, 0.6) is 0 Å². The fourth-order valence-corrected chi connectivity index (χ4v) is 1.67. The molecule has 1 fully saturated rings. The number of nitrogens with zero attached hydrogens (tertiary/aromatic N) is 4. The van der Waals surface area contributed by atoms with E-state index in [1.54, 1.807) is 6.07 Å². The molecule has 1 aromatic rings. The molecule has 0 saturated carbocycles. The third kappa shape index (κ3) is 3.01. The van der Waals surface area contributed by atoms with E-state index in [1.807, 2.05) is 7.05 Å². The first kappa shape index (κ1) is 12.4. The molecule has 1 aliphatic heterocycles.